The minimum Gasteiger partial charge on any atom is -0.492 e. The first-order valence-corrected chi connectivity index (χ1v) is 8.93. The Morgan fingerprint density at radius 1 is 1.00 bits per heavy atom. The lowest BCUT2D eigenvalue weighted by Crippen LogP contribution is -2.16. The maximum Gasteiger partial charge on any atom is 0.339 e. The maximum absolute atomic E-state index is 12.6. The molecule has 0 aliphatic rings. The van der Waals surface area contributed by atoms with Gasteiger partial charge in [-0.2, -0.15) is 0 Å². The molecular formula is C21H20N4O4. The van der Waals surface area contributed by atoms with Crippen LogP contribution in [0.3, 0.4) is 0 Å². The third kappa shape index (κ3) is 4.86. The van der Waals surface area contributed by atoms with E-state index in [0.717, 1.165) is 0 Å². The molecule has 2 N–H and O–H groups in total. The smallest absolute Gasteiger partial charge is 0.339 e. The number of rotatable bonds is 7. The number of ether oxygens (including phenoxy) is 2. The van der Waals surface area contributed by atoms with Gasteiger partial charge >= 0.3 is 5.97 Å². The average Bonchev–Trinajstić information content (AvgIpc) is 2.75. The van der Waals surface area contributed by atoms with Gasteiger partial charge in [0.05, 0.1) is 30.7 Å². The first-order chi connectivity index (χ1) is 14.1. The van der Waals surface area contributed by atoms with Gasteiger partial charge in [0.1, 0.15) is 11.4 Å². The summed E-state index contributed by atoms with van der Waals surface area (Å²) < 4.78 is 10.3. The number of aromatic nitrogens is 2. The monoisotopic (exact) mass is 392 g/mol. The van der Waals surface area contributed by atoms with Crippen LogP contribution in [-0.4, -0.2) is 35.6 Å². The second-order valence-electron chi connectivity index (χ2n) is 5.81. The highest BCUT2D eigenvalue weighted by Crippen LogP contribution is 2.24. The van der Waals surface area contributed by atoms with E-state index in [9.17, 15) is 9.59 Å². The Bertz CT molecular complexity index is 1020. The number of hydrogen-bond acceptors (Lipinski definition) is 7. The standard InChI is InChI=1S/C21H20N4O4/c1-3-29-18-11-7-6-10-16(18)23-19(26)17-12-13-22-21(25-17)24-15-9-5-4-8-14(15)20(27)28-2/h4-13H,3H2,1-2H3,(H,23,26)(H,22,24,25). The van der Waals surface area contributed by atoms with Gasteiger partial charge in [-0.1, -0.05) is 24.3 Å². The van der Waals surface area contributed by atoms with Gasteiger partial charge in [-0.15, -0.1) is 0 Å². The number of carbonyl (C=O) groups excluding carboxylic acids is 2. The van der Waals surface area contributed by atoms with Crippen molar-refractivity contribution in [1.29, 1.82) is 0 Å². The second-order valence-corrected chi connectivity index (χ2v) is 5.81. The molecule has 1 aromatic heterocycles. The van der Waals surface area contributed by atoms with Gasteiger partial charge in [-0.25, -0.2) is 14.8 Å². The van der Waals surface area contributed by atoms with Gasteiger partial charge in [0.15, 0.2) is 0 Å². The van der Waals surface area contributed by atoms with Crippen molar-refractivity contribution in [3.63, 3.8) is 0 Å². The SMILES string of the molecule is CCOc1ccccc1NC(=O)c1ccnc(Nc2ccccc2C(=O)OC)n1. The van der Waals surface area contributed by atoms with E-state index >= 15 is 0 Å². The Hall–Kier alpha value is -3.94. The molecule has 8 nitrogen and oxygen atoms in total. The third-order valence-electron chi connectivity index (χ3n) is 3.90. The summed E-state index contributed by atoms with van der Waals surface area (Å²) in [4.78, 5) is 32.9. The van der Waals surface area contributed by atoms with E-state index in [2.05, 4.69) is 20.6 Å². The fraction of sp³-hybridized carbons (Fsp3) is 0.143. The van der Waals surface area contributed by atoms with Crippen LogP contribution in [0.5, 0.6) is 5.75 Å². The fourth-order valence-corrected chi connectivity index (χ4v) is 2.58. The minimum atomic E-state index is -0.491. The molecule has 0 radical (unpaired) electrons. The molecule has 3 rings (SSSR count). The molecule has 1 amide bonds. The minimum absolute atomic E-state index is 0.157. The van der Waals surface area contributed by atoms with Crippen LogP contribution in [0.25, 0.3) is 0 Å². The molecule has 0 saturated heterocycles. The molecule has 1 heterocycles. The van der Waals surface area contributed by atoms with Gasteiger partial charge in [0.2, 0.25) is 5.95 Å². The van der Waals surface area contributed by atoms with E-state index in [4.69, 9.17) is 9.47 Å². The zero-order chi connectivity index (χ0) is 20.6. The van der Waals surface area contributed by atoms with Crippen molar-refractivity contribution < 1.29 is 19.1 Å². The number of esters is 1. The summed E-state index contributed by atoms with van der Waals surface area (Å²) in [5.41, 5.74) is 1.51. The zero-order valence-corrected chi connectivity index (χ0v) is 16.0. The van der Waals surface area contributed by atoms with E-state index in [0.29, 0.717) is 29.3 Å². The third-order valence-corrected chi connectivity index (χ3v) is 3.90. The van der Waals surface area contributed by atoms with E-state index < -0.39 is 11.9 Å². The summed E-state index contributed by atoms with van der Waals surface area (Å²) in [6.45, 7) is 2.35. The Morgan fingerprint density at radius 3 is 2.48 bits per heavy atom. The van der Waals surface area contributed by atoms with Gasteiger partial charge < -0.3 is 20.1 Å². The molecule has 2 aromatic carbocycles. The number of methoxy groups -OCH3 is 1. The van der Waals surface area contributed by atoms with Crippen LogP contribution in [0.2, 0.25) is 0 Å². The van der Waals surface area contributed by atoms with Crippen molar-refractivity contribution in [3.8, 4) is 5.75 Å². The molecule has 0 aliphatic heterocycles. The lowest BCUT2D eigenvalue weighted by atomic mass is 10.2. The molecule has 0 spiro atoms. The maximum atomic E-state index is 12.6. The highest BCUT2D eigenvalue weighted by atomic mass is 16.5. The predicted molar refractivity (Wildman–Crippen MR) is 109 cm³/mol. The molecular weight excluding hydrogens is 372 g/mol. The van der Waals surface area contributed by atoms with Crippen LogP contribution in [-0.2, 0) is 4.74 Å². The molecule has 148 valence electrons. The zero-order valence-electron chi connectivity index (χ0n) is 16.0. The molecule has 8 heteroatoms. The van der Waals surface area contributed by atoms with Crippen LogP contribution >= 0.6 is 0 Å². The van der Waals surface area contributed by atoms with E-state index in [1.807, 2.05) is 13.0 Å². The number of para-hydroxylation sites is 3. The van der Waals surface area contributed by atoms with Crippen LogP contribution in [0.15, 0.2) is 60.8 Å². The molecule has 0 bridgehead atoms. The van der Waals surface area contributed by atoms with Gasteiger partial charge in [-0.3, -0.25) is 4.79 Å². The van der Waals surface area contributed by atoms with Gasteiger partial charge in [-0.05, 0) is 37.3 Å². The van der Waals surface area contributed by atoms with Crippen molar-refractivity contribution in [2.75, 3.05) is 24.4 Å². The quantitative estimate of drug-likeness (QED) is 0.592. The summed E-state index contributed by atoms with van der Waals surface area (Å²) >= 11 is 0. The summed E-state index contributed by atoms with van der Waals surface area (Å²) in [5.74, 6) is -0.159. The number of benzene rings is 2. The number of anilines is 3. The van der Waals surface area contributed by atoms with E-state index in [-0.39, 0.29) is 11.6 Å². The summed E-state index contributed by atoms with van der Waals surface area (Å²) in [6.07, 6.45) is 1.46. The Balaban J connectivity index is 1.80. The first kappa shape index (κ1) is 19.8. The van der Waals surface area contributed by atoms with Crippen LogP contribution < -0.4 is 15.4 Å². The fourth-order valence-electron chi connectivity index (χ4n) is 2.58. The largest absolute Gasteiger partial charge is 0.492 e. The average molecular weight is 392 g/mol. The summed E-state index contributed by atoms with van der Waals surface area (Å²) in [7, 11) is 1.31. The second kappa shape index (κ2) is 9.32. The molecule has 0 fully saturated rings. The number of hydrogen-bond donors (Lipinski definition) is 2. The summed E-state index contributed by atoms with van der Waals surface area (Å²) in [6, 6.07) is 15.4. The molecule has 0 unspecified atom stereocenters. The Labute approximate surface area is 167 Å². The Kier molecular flexibility index (Phi) is 6.36. The number of carbonyl (C=O) groups is 2. The van der Waals surface area contributed by atoms with Crippen LogP contribution in [0.1, 0.15) is 27.8 Å². The molecule has 29 heavy (non-hydrogen) atoms. The van der Waals surface area contributed by atoms with Crippen molar-refractivity contribution in [2.24, 2.45) is 0 Å². The topological polar surface area (TPSA) is 102 Å². The lowest BCUT2D eigenvalue weighted by Gasteiger charge is -2.12. The van der Waals surface area contributed by atoms with Gasteiger partial charge in [0, 0.05) is 6.20 Å². The van der Waals surface area contributed by atoms with Crippen molar-refractivity contribution in [2.45, 2.75) is 6.92 Å². The molecule has 3 aromatic rings. The Morgan fingerprint density at radius 2 is 1.72 bits per heavy atom. The number of nitrogens with zero attached hydrogens (tertiary/aromatic N) is 2. The molecule has 0 atom stereocenters. The van der Waals surface area contributed by atoms with Gasteiger partial charge in [0.25, 0.3) is 5.91 Å². The molecule has 0 aliphatic carbocycles. The van der Waals surface area contributed by atoms with Crippen molar-refractivity contribution in [3.05, 3.63) is 72.1 Å². The predicted octanol–water partition coefficient (Wildman–Crippen LogP) is 3.66. The highest BCUT2D eigenvalue weighted by Gasteiger charge is 2.14. The number of nitrogens with one attached hydrogen (secondary N) is 2. The van der Waals surface area contributed by atoms with Crippen molar-refractivity contribution >= 4 is 29.2 Å². The first-order valence-electron chi connectivity index (χ1n) is 8.93. The normalized spacial score (nSPS) is 10.1. The van der Waals surface area contributed by atoms with E-state index in [1.54, 1.807) is 42.5 Å². The highest BCUT2D eigenvalue weighted by molar-refractivity contribution is 6.04. The number of amides is 1. The lowest BCUT2D eigenvalue weighted by molar-refractivity contribution is 0.0601. The summed E-state index contributed by atoms with van der Waals surface area (Å²) in [5, 5.41) is 5.74. The molecule has 0 saturated carbocycles. The van der Waals surface area contributed by atoms with E-state index in [1.165, 1.54) is 19.4 Å². The van der Waals surface area contributed by atoms with Crippen LogP contribution in [0, 0.1) is 0 Å². The van der Waals surface area contributed by atoms with Crippen molar-refractivity contribution in [1.82, 2.24) is 9.97 Å². The van der Waals surface area contributed by atoms with Crippen LogP contribution in [0.4, 0.5) is 17.3 Å².